The lowest BCUT2D eigenvalue weighted by molar-refractivity contribution is 0.348. The van der Waals surface area contributed by atoms with Crippen molar-refractivity contribution in [3.05, 3.63) is 16.6 Å². The molecule has 5 heteroatoms. The van der Waals surface area contributed by atoms with Crippen molar-refractivity contribution in [2.45, 2.75) is 39.7 Å². The standard InChI is InChI=1S/C10H18N2S.2ClH/c1-10(2,3)5-4-8(11)9-6-13-7-12-9;;/h6-8H,4-5,11H2,1-3H3;2*1H. The number of nitrogens with zero attached hydrogens (tertiary/aromatic N) is 1. The normalized spacial score (nSPS) is 12.5. The van der Waals surface area contributed by atoms with Crippen LogP contribution >= 0.6 is 36.2 Å². The number of thiazole rings is 1. The zero-order valence-electron chi connectivity index (χ0n) is 9.40. The van der Waals surface area contributed by atoms with Crippen molar-refractivity contribution in [2.75, 3.05) is 0 Å². The van der Waals surface area contributed by atoms with Gasteiger partial charge in [0.05, 0.1) is 11.2 Å². The molecule has 0 aliphatic heterocycles. The molecule has 1 heterocycles. The summed E-state index contributed by atoms with van der Waals surface area (Å²) in [6.45, 7) is 6.71. The van der Waals surface area contributed by atoms with Gasteiger partial charge in [-0.3, -0.25) is 0 Å². The summed E-state index contributed by atoms with van der Waals surface area (Å²) in [6.07, 6.45) is 2.17. The minimum absolute atomic E-state index is 0. The molecular weight excluding hydrogens is 251 g/mol. The Morgan fingerprint density at radius 2 is 2.00 bits per heavy atom. The quantitative estimate of drug-likeness (QED) is 0.907. The van der Waals surface area contributed by atoms with Crippen LogP contribution in [0.4, 0.5) is 0 Å². The minimum Gasteiger partial charge on any atom is -0.323 e. The second-order valence-electron chi connectivity index (χ2n) is 4.62. The van der Waals surface area contributed by atoms with Crippen molar-refractivity contribution in [2.24, 2.45) is 11.1 Å². The summed E-state index contributed by atoms with van der Waals surface area (Å²) in [5, 5.41) is 2.04. The van der Waals surface area contributed by atoms with Gasteiger partial charge in [0.1, 0.15) is 0 Å². The summed E-state index contributed by atoms with van der Waals surface area (Å²) in [4.78, 5) is 4.21. The predicted molar refractivity (Wildman–Crippen MR) is 72.2 cm³/mol. The third-order valence-electron chi connectivity index (χ3n) is 2.04. The van der Waals surface area contributed by atoms with E-state index in [1.54, 1.807) is 11.3 Å². The molecule has 0 amide bonds. The van der Waals surface area contributed by atoms with Gasteiger partial charge in [-0.15, -0.1) is 36.2 Å². The van der Waals surface area contributed by atoms with Crippen molar-refractivity contribution >= 4 is 36.2 Å². The molecular formula is C10H20Cl2N2S. The fourth-order valence-electron chi connectivity index (χ4n) is 1.14. The van der Waals surface area contributed by atoms with Crippen molar-refractivity contribution in [3.63, 3.8) is 0 Å². The van der Waals surface area contributed by atoms with E-state index in [4.69, 9.17) is 5.73 Å². The van der Waals surface area contributed by atoms with Gasteiger partial charge in [0.15, 0.2) is 0 Å². The minimum atomic E-state index is 0. The SMILES string of the molecule is CC(C)(C)CCC(N)c1cscn1.Cl.Cl. The van der Waals surface area contributed by atoms with Crippen LogP contribution in [0.3, 0.4) is 0 Å². The van der Waals surface area contributed by atoms with Crippen LogP contribution in [0.25, 0.3) is 0 Å². The van der Waals surface area contributed by atoms with E-state index in [0.29, 0.717) is 5.41 Å². The number of hydrogen-bond donors (Lipinski definition) is 1. The topological polar surface area (TPSA) is 38.9 Å². The summed E-state index contributed by atoms with van der Waals surface area (Å²) in [5.74, 6) is 0. The van der Waals surface area contributed by atoms with Crippen LogP contribution in [-0.4, -0.2) is 4.98 Å². The lowest BCUT2D eigenvalue weighted by Gasteiger charge is -2.19. The van der Waals surface area contributed by atoms with Gasteiger partial charge in [-0.1, -0.05) is 20.8 Å². The first-order valence-electron chi connectivity index (χ1n) is 4.63. The van der Waals surface area contributed by atoms with Crippen LogP contribution in [0.2, 0.25) is 0 Å². The third kappa shape index (κ3) is 7.12. The zero-order valence-corrected chi connectivity index (χ0v) is 11.8. The van der Waals surface area contributed by atoms with Gasteiger partial charge >= 0.3 is 0 Å². The molecule has 0 aromatic carbocycles. The van der Waals surface area contributed by atoms with Crippen LogP contribution in [0.1, 0.15) is 45.3 Å². The molecule has 1 atom stereocenters. The summed E-state index contributed by atoms with van der Waals surface area (Å²) in [6, 6.07) is 0.116. The van der Waals surface area contributed by atoms with Crippen molar-refractivity contribution in [1.82, 2.24) is 4.98 Å². The van der Waals surface area contributed by atoms with E-state index in [9.17, 15) is 0 Å². The van der Waals surface area contributed by atoms with Crippen molar-refractivity contribution in [3.8, 4) is 0 Å². The Kier molecular flexibility index (Phi) is 8.72. The van der Waals surface area contributed by atoms with Crippen molar-refractivity contribution in [1.29, 1.82) is 0 Å². The molecule has 2 nitrogen and oxygen atoms in total. The Balaban J connectivity index is 0. The molecule has 0 saturated carbocycles. The molecule has 1 aromatic heterocycles. The molecule has 0 radical (unpaired) electrons. The van der Waals surface area contributed by atoms with Crippen LogP contribution < -0.4 is 5.73 Å². The maximum absolute atomic E-state index is 5.99. The highest BCUT2D eigenvalue weighted by atomic mass is 35.5. The van der Waals surface area contributed by atoms with E-state index in [1.165, 1.54) is 0 Å². The maximum atomic E-state index is 5.99. The summed E-state index contributed by atoms with van der Waals surface area (Å²) in [5.41, 5.74) is 9.24. The molecule has 0 fully saturated rings. The molecule has 0 saturated heterocycles. The van der Waals surface area contributed by atoms with Crippen LogP contribution in [0.5, 0.6) is 0 Å². The lowest BCUT2D eigenvalue weighted by Crippen LogP contribution is -2.14. The van der Waals surface area contributed by atoms with Crippen LogP contribution in [0, 0.1) is 5.41 Å². The summed E-state index contributed by atoms with van der Waals surface area (Å²) < 4.78 is 0. The molecule has 0 aliphatic rings. The number of rotatable bonds is 3. The lowest BCUT2D eigenvalue weighted by atomic mass is 9.88. The van der Waals surface area contributed by atoms with Gasteiger partial charge in [-0.2, -0.15) is 0 Å². The third-order valence-corrected chi connectivity index (χ3v) is 2.64. The second-order valence-corrected chi connectivity index (χ2v) is 5.34. The Hall–Kier alpha value is 0.170. The highest BCUT2D eigenvalue weighted by Crippen LogP contribution is 2.25. The number of aromatic nitrogens is 1. The molecule has 0 spiro atoms. The van der Waals surface area contributed by atoms with Gasteiger partial charge in [0.2, 0.25) is 0 Å². The number of hydrogen-bond acceptors (Lipinski definition) is 3. The number of nitrogens with two attached hydrogens (primary N) is 1. The van der Waals surface area contributed by atoms with E-state index in [0.717, 1.165) is 18.5 Å². The molecule has 2 N–H and O–H groups in total. The average molecular weight is 271 g/mol. The molecule has 15 heavy (non-hydrogen) atoms. The Morgan fingerprint density at radius 1 is 1.40 bits per heavy atom. The molecule has 90 valence electrons. The average Bonchev–Trinajstić information content (AvgIpc) is 2.50. The Morgan fingerprint density at radius 3 is 2.40 bits per heavy atom. The van der Waals surface area contributed by atoms with Gasteiger partial charge in [0, 0.05) is 11.4 Å². The smallest absolute Gasteiger partial charge is 0.0795 e. The van der Waals surface area contributed by atoms with E-state index >= 15 is 0 Å². The monoisotopic (exact) mass is 270 g/mol. The highest BCUT2D eigenvalue weighted by Gasteiger charge is 2.14. The highest BCUT2D eigenvalue weighted by molar-refractivity contribution is 7.07. The van der Waals surface area contributed by atoms with E-state index < -0.39 is 0 Å². The number of halogens is 2. The summed E-state index contributed by atoms with van der Waals surface area (Å²) >= 11 is 1.61. The van der Waals surface area contributed by atoms with E-state index in [1.807, 2.05) is 10.9 Å². The van der Waals surface area contributed by atoms with Crippen LogP contribution in [-0.2, 0) is 0 Å². The van der Waals surface area contributed by atoms with Gasteiger partial charge in [0.25, 0.3) is 0 Å². The molecule has 0 bridgehead atoms. The summed E-state index contributed by atoms with van der Waals surface area (Å²) in [7, 11) is 0. The van der Waals surface area contributed by atoms with Gasteiger partial charge in [-0.05, 0) is 18.3 Å². The largest absolute Gasteiger partial charge is 0.323 e. The predicted octanol–water partition coefficient (Wildman–Crippen LogP) is 3.81. The molecule has 1 aromatic rings. The molecule has 1 rings (SSSR count). The zero-order chi connectivity index (χ0) is 9.90. The van der Waals surface area contributed by atoms with E-state index in [2.05, 4.69) is 25.8 Å². The molecule has 1 unspecified atom stereocenters. The second kappa shape index (κ2) is 7.44. The maximum Gasteiger partial charge on any atom is 0.0795 e. The molecule has 0 aliphatic carbocycles. The Labute approximate surface area is 108 Å². The fraction of sp³-hybridized carbons (Fsp3) is 0.700. The fourth-order valence-corrected chi connectivity index (χ4v) is 1.76. The Bertz CT molecular complexity index is 244. The van der Waals surface area contributed by atoms with Crippen LogP contribution in [0.15, 0.2) is 10.9 Å². The first-order chi connectivity index (χ1) is 5.99. The first-order valence-corrected chi connectivity index (χ1v) is 5.57. The van der Waals surface area contributed by atoms with E-state index in [-0.39, 0.29) is 30.9 Å². The first kappa shape index (κ1) is 17.6. The van der Waals surface area contributed by atoms with Gasteiger partial charge < -0.3 is 5.73 Å². The van der Waals surface area contributed by atoms with Crippen molar-refractivity contribution < 1.29 is 0 Å². The van der Waals surface area contributed by atoms with Gasteiger partial charge in [-0.25, -0.2) is 4.98 Å².